The molecule has 0 bridgehead atoms. The van der Waals surface area contributed by atoms with Gasteiger partial charge in [-0.15, -0.1) is 0 Å². The third-order valence-electron chi connectivity index (χ3n) is 2.75. The first-order chi connectivity index (χ1) is 8.52. The van der Waals surface area contributed by atoms with Crippen molar-refractivity contribution >= 4 is 23.6 Å². The van der Waals surface area contributed by atoms with Crippen LogP contribution in [0.25, 0.3) is 0 Å². The van der Waals surface area contributed by atoms with Crippen molar-refractivity contribution in [3.63, 3.8) is 0 Å². The van der Waals surface area contributed by atoms with Crippen molar-refractivity contribution in [3.05, 3.63) is 17.7 Å². The number of aromatic amines is 1. The van der Waals surface area contributed by atoms with E-state index >= 15 is 0 Å². The number of aromatic carboxylic acids is 1. The lowest BCUT2D eigenvalue weighted by atomic mass is 10.2. The minimum atomic E-state index is -1.18. The Morgan fingerprint density at radius 3 is 2.78 bits per heavy atom. The summed E-state index contributed by atoms with van der Waals surface area (Å²) in [5.74, 6) is -0.734. The van der Waals surface area contributed by atoms with Crippen LogP contribution in [-0.4, -0.2) is 56.9 Å². The molecule has 18 heavy (non-hydrogen) atoms. The largest absolute Gasteiger partial charge is 0.477 e. The molecule has 0 aliphatic heterocycles. The van der Waals surface area contributed by atoms with Crippen LogP contribution in [0.5, 0.6) is 0 Å². The number of rotatable bonds is 6. The fraction of sp³-hybridized carbons (Fsp3) is 0.545. The second kappa shape index (κ2) is 6.44. The summed E-state index contributed by atoms with van der Waals surface area (Å²) in [6.07, 6.45) is 4.01. The smallest absolute Gasteiger partial charge is 0.354 e. The molecule has 0 fully saturated rings. The molecule has 1 unspecified atom stereocenters. The molecule has 1 heterocycles. The average Bonchev–Trinajstić information content (AvgIpc) is 2.83. The van der Waals surface area contributed by atoms with Crippen molar-refractivity contribution in [2.45, 2.75) is 19.4 Å². The van der Waals surface area contributed by atoms with Crippen molar-refractivity contribution in [1.82, 2.24) is 14.9 Å². The van der Waals surface area contributed by atoms with Gasteiger partial charge in [0.25, 0.3) is 5.91 Å². The molecule has 0 saturated carbocycles. The molecule has 0 aliphatic carbocycles. The van der Waals surface area contributed by atoms with Crippen molar-refractivity contribution in [1.29, 1.82) is 0 Å². The maximum atomic E-state index is 12.2. The van der Waals surface area contributed by atoms with Gasteiger partial charge in [0, 0.05) is 18.8 Å². The number of imidazole rings is 1. The number of carbonyl (C=O) groups is 2. The molecule has 1 aromatic rings. The standard InChI is InChI=1S/C11H17N3O3S/c1-4-7(5-18-3)14(2)10(15)8-9(11(16)17)13-6-12-8/h6-7H,4-5H2,1-3H3,(H,12,13)(H,16,17). The van der Waals surface area contributed by atoms with Crippen LogP contribution in [0.15, 0.2) is 6.33 Å². The highest BCUT2D eigenvalue weighted by Gasteiger charge is 2.26. The van der Waals surface area contributed by atoms with Gasteiger partial charge < -0.3 is 15.0 Å². The number of carbonyl (C=O) groups excluding carboxylic acids is 1. The SMILES string of the molecule is CCC(CSC)N(C)C(=O)c1nc[nH]c1C(=O)O. The van der Waals surface area contributed by atoms with Crippen LogP contribution in [0.3, 0.4) is 0 Å². The maximum absolute atomic E-state index is 12.2. The first-order valence-electron chi connectivity index (χ1n) is 5.55. The molecule has 7 heteroatoms. The summed E-state index contributed by atoms with van der Waals surface area (Å²) in [7, 11) is 1.67. The van der Waals surface area contributed by atoms with E-state index in [1.165, 1.54) is 6.33 Å². The van der Waals surface area contributed by atoms with Gasteiger partial charge in [0.1, 0.15) is 0 Å². The number of carboxylic acids is 1. The number of thioether (sulfide) groups is 1. The molecular formula is C11H17N3O3S. The average molecular weight is 271 g/mol. The van der Waals surface area contributed by atoms with E-state index in [0.717, 1.165) is 12.2 Å². The van der Waals surface area contributed by atoms with Crippen LogP contribution >= 0.6 is 11.8 Å². The molecule has 0 saturated heterocycles. The lowest BCUT2D eigenvalue weighted by Crippen LogP contribution is -2.39. The Labute approximate surface area is 110 Å². The molecule has 0 radical (unpaired) electrons. The van der Waals surface area contributed by atoms with E-state index in [-0.39, 0.29) is 23.3 Å². The summed E-state index contributed by atoms with van der Waals surface area (Å²) in [5.41, 5.74) is -0.199. The minimum Gasteiger partial charge on any atom is -0.477 e. The Hall–Kier alpha value is -1.50. The van der Waals surface area contributed by atoms with Crippen molar-refractivity contribution < 1.29 is 14.7 Å². The first-order valence-corrected chi connectivity index (χ1v) is 6.95. The van der Waals surface area contributed by atoms with Gasteiger partial charge in [-0.2, -0.15) is 11.8 Å². The van der Waals surface area contributed by atoms with E-state index in [9.17, 15) is 9.59 Å². The summed E-state index contributed by atoms with van der Waals surface area (Å²) in [6.45, 7) is 1.99. The van der Waals surface area contributed by atoms with Gasteiger partial charge in [-0.1, -0.05) is 6.92 Å². The zero-order valence-electron chi connectivity index (χ0n) is 10.6. The van der Waals surface area contributed by atoms with E-state index in [1.807, 2.05) is 13.2 Å². The summed E-state index contributed by atoms with van der Waals surface area (Å²) in [6, 6.07) is 0.0749. The Kier molecular flexibility index (Phi) is 5.21. The zero-order valence-corrected chi connectivity index (χ0v) is 11.5. The lowest BCUT2D eigenvalue weighted by molar-refractivity contribution is 0.0665. The van der Waals surface area contributed by atoms with Crippen LogP contribution in [0.2, 0.25) is 0 Å². The summed E-state index contributed by atoms with van der Waals surface area (Å²) in [4.78, 5) is 30.9. The van der Waals surface area contributed by atoms with E-state index in [4.69, 9.17) is 5.11 Å². The first kappa shape index (κ1) is 14.6. The van der Waals surface area contributed by atoms with Crippen LogP contribution in [0.4, 0.5) is 0 Å². The lowest BCUT2D eigenvalue weighted by Gasteiger charge is -2.26. The number of hydrogen-bond acceptors (Lipinski definition) is 4. The van der Waals surface area contributed by atoms with E-state index in [2.05, 4.69) is 9.97 Å². The van der Waals surface area contributed by atoms with Gasteiger partial charge in [0.15, 0.2) is 11.4 Å². The van der Waals surface area contributed by atoms with Crippen LogP contribution in [-0.2, 0) is 0 Å². The van der Waals surface area contributed by atoms with Crippen molar-refractivity contribution in [2.24, 2.45) is 0 Å². The van der Waals surface area contributed by atoms with Gasteiger partial charge in [0.2, 0.25) is 0 Å². The van der Waals surface area contributed by atoms with Gasteiger partial charge in [-0.3, -0.25) is 4.79 Å². The Morgan fingerprint density at radius 2 is 2.28 bits per heavy atom. The van der Waals surface area contributed by atoms with Crippen LogP contribution in [0.1, 0.15) is 34.3 Å². The highest BCUT2D eigenvalue weighted by Crippen LogP contribution is 2.13. The fourth-order valence-electron chi connectivity index (χ4n) is 1.65. The Morgan fingerprint density at radius 1 is 1.61 bits per heavy atom. The zero-order chi connectivity index (χ0) is 13.7. The highest BCUT2D eigenvalue weighted by atomic mass is 32.2. The normalized spacial score (nSPS) is 12.2. The molecule has 0 spiro atoms. The van der Waals surface area contributed by atoms with E-state index in [1.54, 1.807) is 23.7 Å². The summed E-state index contributed by atoms with van der Waals surface area (Å²) >= 11 is 1.65. The molecule has 1 aromatic heterocycles. The topological polar surface area (TPSA) is 86.3 Å². The fourth-order valence-corrected chi connectivity index (χ4v) is 2.49. The van der Waals surface area contributed by atoms with Crippen LogP contribution in [0, 0.1) is 0 Å². The molecule has 0 aliphatic rings. The molecule has 1 atom stereocenters. The Bertz CT molecular complexity index is 433. The number of H-pyrrole nitrogens is 1. The Balaban J connectivity index is 2.92. The quantitative estimate of drug-likeness (QED) is 0.815. The van der Waals surface area contributed by atoms with E-state index < -0.39 is 5.97 Å². The predicted octanol–water partition coefficient (Wildman–Crippen LogP) is 1.32. The number of nitrogens with zero attached hydrogens (tertiary/aromatic N) is 2. The highest BCUT2D eigenvalue weighted by molar-refractivity contribution is 7.98. The molecule has 1 rings (SSSR count). The number of aromatic nitrogens is 2. The van der Waals surface area contributed by atoms with Crippen LogP contribution < -0.4 is 0 Å². The molecule has 2 N–H and O–H groups in total. The minimum absolute atomic E-state index is 0.0375. The second-order valence-electron chi connectivity index (χ2n) is 3.86. The molecular weight excluding hydrogens is 254 g/mol. The predicted molar refractivity (Wildman–Crippen MR) is 70.1 cm³/mol. The molecule has 0 aromatic carbocycles. The molecule has 100 valence electrons. The number of carboxylic acid groups (broad SMARTS) is 1. The second-order valence-corrected chi connectivity index (χ2v) is 4.78. The van der Waals surface area contributed by atoms with Gasteiger partial charge >= 0.3 is 5.97 Å². The number of amides is 1. The van der Waals surface area contributed by atoms with Gasteiger partial charge in [-0.25, -0.2) is 9.78 Å². The number of hydrogen-bond donors (Lipinski definition) is 2. The third kappa shape index (κ3) is 3.04. The van der Waals surface area contributed by atoms with Gasteiger partial charge in [-0.05, 0) is 12.7 Å². The van der Waals surface area contributed by atoms with Crippen molar-refractivity contribution in [3.8, 4) is 0 Å². The monoisotopic (exact) mass is 271 g/mol. The van der Waals surface area contributed by atoms with E-state index in [0.29, 0.717) is 0 Å². The third-order valence-corrected chi connectivity index (χ3v) is 3.47. The van der Waals surface area contributed by atoms with Gasteiger partial charge in [0.05, 0.1) is 6.33 Å². The van der Waals surface area contributed by atoms with Crippen molar-refractivity contribution in [2.75, 3.05) is 19.1 Å². The molecule has 1 amide bonds. The number of nitrogens with one attached hydrogen (secondary N) is 1. The maximum Gasteiger partial charge on any atom is 0.354 e. The summed E-state index contributed by atoms with van der Waals surface area (Å²) in [5, 5.41) is 8.94. The summed E-state index contributed by atoms with van der Waals surface area (Å²) < 4.78 is 0. The molecule has 6 nitrogen and oxygen atoms in total.